The fraction of sp³-hybridized carbons (Fsp3) is 0.559. The molecule has 44 heavy (non-hydrogen) atoms. The second-order valence-corrected chi connectivity index (χ2v) is 12.8. The van der Waals surface area contributed by atoms with Gasteiger partial charge in [0.2, 0.25) is 0 Å². The zero-order valence-corrected chi connectivity index (χ0v) is 26.4. The number of aliphatic hydroxyl groups excluding tert-OH is 1. The summed E-state index contributed by atoms with van der Waals surface area (Å²) in [5, 5.41) is 23.8. The summed E-state index contributed by atoms with van der Waals surface area (Å²) >= 11 is 0. The van der Waals surface area contributed by atoms with Gasteiger partial charge >= 0.3 is 17.9 Å². The maximum atomic E-state index is 14.1. The molecule has 1 aromatic rings. The summed E-state index contributed by atoms with van der Waals surface area (Å²) < 4.78 is 17.4. The fourth-order valence-corrected chi connectivity index (χ4v) is 5.85. The van der Waals surface area contributed by atoms with Gasteiger partial charge in [0.05, 0.1) is 17.4 Å². The Balaban J connectivity index is 2.33. The topological polar surface area (TPSA) is 154 Å². The molecule has 10 heteroatoms. The lowest BCUT2D eigenvalue weighted by Crippen LogP contribution is -2.56. The number of aliphatic hydroxyl groups is 2. The molecule has 3 rings (SSSR count). The van der Waals surface area contributed by atoms with Crippen molar-refractivity contribution in [2.45, 2.75) is 91.3 Å². The molecule has 2 N–H and O–H groups in total. The van der Waals surface area contributed by atoms with Gasteiger partial charge in [0.25, 0.3) is 0 Å². The van der Waals surface area contributed by atoms with Crippen molar-refractivity contribution < 1.29 is 48.4 Å². The molecular formula is C34H44O10. The third-order valence-electron chi connectivity index (χ3n) is 8.50. The first-order valence-electron chi connectivity index (χ1n) is 15.0. The minimum Gasteiger partial charge on any atom is -0.461 e. The van der Waals surface area contributed by atoms with Crippen LogP contribution in [0.25, 0.3) is 0 Å². The number of fused-ring (bicyclic) bond motifs is 1. The van der Waals surface area contributed by atoms with Crippen LogP contribution in [0, 0.1) is 29.1 Å². The molecule has 0 bridgehead atoms. The monoisotopic (exact) mass is 612 g/mol. The summed E-state index contributed by atoms with van der Waals surface area (Å²) in [6.45, 7) is 15.1. The maximum absolute atomic E-state index is 14.1. The molecule has 0 spiro atoms. The Morgan fingerprint density at radius 1 is 1.00 bits per heavy atom. The van der Waals surface area contributed by atoms with E-state index in [4.69, 9.17) is 14.2 Å². The average molecular weight is 613 g/mol. The summed E-state index contributed by atoms with van der Waals surface area (Å²) in [5.41, 5.74) is -3.67. The molecule has 2 aliphatic rings. The molecule has 1 saturated carbocycles. The molecular weight excluding hydrogens is 568 g/mol. The highest BCUT2D eigenvalue weighted by Gasteiger charge is 2.63. The number of ether oxygens (including phenoxy) is 3. The van der Waals surface area contributed by atoms with Crippen LogP contribution in [0.15, 0.2) is 54.6 Å². The number of hydrogen-bond donors (Lipinski definition) is 2. The number of Topliss-reactive ketones (excluding diaryl/α,β-unsaturated/α-hetero) is 2. The SMILES string of the molecule is C=C1C(OC(=O)C(C)C)C(O)C(=O)C(C)(C)/C=C\C(C)C(=O)C2(O)CC(C)C(OC(=O)CC)C2C1OC(=O)c1ccccc1. The number of allylic oxidation sites excluding steroid dienone is 2. The molecule has 0 aliphatic heterocycles. The van der Waals surface area contributed by atoms with Crippen molar-refractivity contribution in [3.8, 4) is 0 Å². The van der Waals surface area contributed by atoms with Crippen molar-refractivity contribution in [3.05, 3.63) is 60.2 Å². The smallest absolute Gasteiger partial charge is 0.338 e. The second kappa shape index (κ2) is 13.6. The molecule has 10 nitrogen and oxygen atoms in total. The van der Waals surface area contributed by atoms with Crippen LogP contribution in [0.5, 0.6) is 0 Å². The van der Waals surface area contributed by atoms with Crippen molar-refractivity contribution in [3.63, 3.8) is 0 Å². The lowest BCUT2D eigenvalue weighted by Gasteiger charge is -2.41. The Bertz CT molecular complexity index is 1310. The Labute approximate surface area is 258 Å². The van der Waals surface area contributed by atoms with E-state index in [-0.39, 0.29) is 24.0 Å². The number of esters is 3. The first kappa shape index (κ1) is 34.9. The highest BCUT2D eigenvalue weighted by molar-refractivity contribution is 5.94. The molecule has 2 aliphatic carbocycles. The van der Waals surface area contributed by atoms with Crippen LogP contribution in [-0.4, -0.2) is 69.7 Å². The van der Waals surface area contributed by atoms with E-state index in [2.05, 4.69) is 6.58 Å². The lowest BCUT2D eigenvalue weighted by atomic mass is 9.73. The number of benzene rings is 1. The van der Waals surface area contributed by atoms with Crippen molar-refractivity contribution >= 4 is 29.5 Å². The van der Waals surface area contributed by atoms with Gasteiger partial charge in [0.1, 0.15) is 17.8 Å². The molecule has 0 saturated heterocycles. The third kappa shape index (κ3) is 7.02. The highest BCUT2D eigenvalue weighted by Crippen LogP contribution is 2.49. The highest BCUT2D eigenvalue weighted by atomic mass is 16.6. The number of hydrogen-bond acceptors (Lipinski definition) is 10. The largest absolute Gasteiger partial charge is 0.461 e. The molecule has 0 amide bonds. The van der Waals surface area contributed by atoms with Gasteiger partial charge in [-0.1, -0.05) is 71.5 Å². The number of ketones is 2. The van der Waals surface area contributed by atoms with Gasteiger partial charge in [-0.15, -0.1) is 0 Å². The Morgan fingerprint density at radius 2 is 1.61 bits per heavy atom. The Morgan fingerprint density at radius 3 is 2.18 bits per heavy atom. The molecule has 0 heterocycles. The first-order valence-corrected chi connectivity index (χ1v) is 15.0. The molecule has 0 aromatic heterocycles. The molecule has 1 fully saturated rings. The Kier molecular flexibility index (Phi) is 10.7. The summed E-state index contributed by atoms with van der Waals surface area (Å²) in [6.07, 6.45) is -3.73. The van der Waals surface area contributed by atoms with Crippen LogP contribution in [0.4, 0.5) is 0 Å². The van der Waals surface area contributed by atoms with E-state index in [1.54, 1.807) is 52.8 Å². The number of carbonyl (C=O) groups is 5. The van der Waals surface area contributed by atoms with E-state index in [0.717, 1.165) is 0 Å². The summed E-state index contributed by atoms with van der Waals surface area (Å²) in [5.74, 6) is -7.25. The molecule has 0 radical (unpaired) electrons. The van der Waals surface area contributed by atoms with Crippen LogP contribution in [-0.2, 0) is 33.4 Å². The maximum Gasteiger partial charge on any atom is 0.338 e. The van der Waals surface area contributed by atoms with E-state index >= 15 is 0 Å². The third-order valence-corrected chi connectivity index (χ3v) is 8.50. The predicted molar refractivity (Wildman–Crippen MR) is 160 cm³/mol. The minimum atomic E-state index is -2.21. The van der Waals surface area contributed by atoms with E-state index in [1.807, 2.05) is 0 Å². The van der Waals surface area contributed by atoms with Gasteiger partial charge in [-0.25, -0.2) is 4.79 Å². The molecule has 8 unspecified atom stereocenters. The second-order valence-electron chi connectivity index (χ2n) is 12.8. The van der Waals surface area contributed by atoms with E-state index in [1.165, 1.54) is 38.1 Å². The van der Waals surface area contributed by atoms with Gasteiger partial charge < -0.3 is 24.4 Å². The molecule has 1 aromatic carbocycles. The summed E-state index contributed by atoms with van der Waals surface area (Å²) in [4.78, 5) is 66.8. The zero-order valence-electron chi connectivity index (χ0n) is 26.4. The van der Waals surface area contributed by atoms with Crippen molar-refractivity contribution in [2.75, 3.05) is 0 Å². The molecule has 240 valence electrons. The van der Waals surface area contributed by atoms with Crippen molar-refractivity contribution in [2.24, 2.45) is 29.1 Å². The molecule has 8 atom stereocenters. The summed E-state index contributed by atoms with van der Waals surface area (Å²) in [6, 6.07) is 7.91. The van der Waals surface area contributed by atoms with Gasteiger partial charge in [0.15, 0.2) is 23.8 Å². The van der Waals surface area contributed by atoms with Gasteiger partial charge in [-0.2, -0.15) is 0 Å². The van der Waals surface area contributed by atoms with Crippen LogP contribution in [0.1, 0.15) is 71.7 Å². The van der Waals surface area contributed by atoms with Crippen LogP contribution >= 0.6 is 0 Å². The van der Waals surface area contributed by atoms with Crippen LogP contribution < -0.4 is 0 Å². The minimum absolute atomic E-state index is 0.00615. The normalized spacial score (nSPS) is 33.0. The fourth-order valence-electron chi connectivity index (χ4n) is 5.85. The zero-order chi connectivity index (χ0) is 33.1. The number of rotatable bonds is 6. The average Bonchev–Trinajstić information content (AvgIpc) is 3.24. The lowest BCUT2D eigenvalue weighted by molar-refractivity contribution is -0.168. The van der Waals surface area contributed by atoms with E-state index in [0.29, 0.717) is 0 Å². The standard InChI is InChI=1S/C34H44O10/c1-9-23(35)42-26-20(5)17-34(41)24(26)27(43-32(40)22-13-11-10-12-14-22)21(6)28(44-31(39)18(2)3)25(36)30(38)33(7,8)16-15-19(4)29(34)37/h10-16,18-20,24-28,36,41H,6,9,17H2,1-5,7-8H3/b16-15-. The quantitative estimate of drug-likeness (QED) is 0.276. The number of carbonyl (C=O) groups excluding carboxylic acids is 5. The van der Waals surface area contributed by atoms with E-state index in [9.17, 15) is 34.2 Å². The predicted octanol–water partition coefficient (Wildman–Crippen LogP) is 3.78. The van der Waals surface area contributed by atoms with Crippen LogP contribution in [0.2, 0.25) is 0 Å². The van der Waals surface area contributed by atoms with Crippen molar-refractivity contribution in [1.82, 2.24) is 0 Å². The van der Waals surface area contributed by atoms with Crippen molar-refractivity contribution in [1.29, 1.82) is 0 Å². The van der Waals surface area contributed by atoms with Crippen LogP contribution in [0.3, 0.4) is 0 Å². The van der Waals surface area contributed by atoms with Gasteiger partial charge in [-0.3, -0.25) is 19.2 Å². The first-order chi connectivity index (χ1) is 20.5. The van der Waals surface area contributed by atoms with Gasteiger partial charge in [0, 0.05) is 23.3 Å². The Hall–Kier alpha value is -3.63. The summed E-state index contributed by atoms with van der Waals surface area (Å²) in [7, 11) is 0. The van der Waals surface area contributed by atoms with Gasteiger partial charge in [-0.05, 0) is 38.3 Å². The van der Waals surface area contributed by atoms with E-state index < -0.39 is 88.6 Å².